The number of carbonyl (C=O) groups is 1. The number of anilines is 1. The van der Waals surface area contributed by atoms with Gasteiger partial charge in [-0.25, -0.2) is 8.42 Å². The lowest BCUT2D eigenvalue weighted by Crippen LogP contribution is -2.40. The Bertz CT molecular complexity index is 1320. The molecule has 4 rings (SSSR count). The smallest absolute Gasteiger partial charge is 0.328 e. The first kappa shape index (κ1) is 25.4. The minimum absolute atomic E-state index is 0.0259. The van der Waals surface area contributed by atoms with Crippen LogP contribution in [0.5, 0.6) is 0 Å². The van der Waals surface area contributed by atoms with Gasteiger partial charge in [0.2, 0.25) is 0 Å². The monoisotopic (exact) mass is 541 g/mol. The van der Waals surface area contributed by atoms with Crippen molar-refractivity contribution in [2.75, 3.05) is 10.5 Å². The number of amides is 1. The highest BCUT2D eigenvalue weighted by Gasteiger charge is 2.33. The van der Waals surface area contributed by atoms with Crippen LogP contribution in [-0.2, 0) is 16.2 Å². The maximum absolute atomic E-state index is 13.3. The molecular formula is C23H19ClF3N3O3S2. The maximum atomic E-state index is 13.3. The second-order valence-corrected chi connectivity index (χ2v) is 10.9. The fourth-order valence-electron chi connectivity index (χ4n) is 3.45. The number of halogens is 4. The number of hydrogen-bond acceptors (Lipinski definition) is 5. The van der Waals surface area contributed by atoms with Crippen molar-refractivity contribution in [3.05, 3.63) is 94.5 Å². The van der Waals surface area contributed by atoms with Crippen molar-refractivity contribution < 1.29 is 26.4 Å². The second kappa shape index (κ2) is 10.1. The highest BCUT2D eigenvalue weighted by Crippen LogP contribution is 2.34. The summed E-state index contributed by atoms with van der Waals surface area (Å²) in [5.74, 6) is -0.0656. The molecule has 2 unspecified atom stereocenters. The molecule has 0 radical (unpaired) electrons. The molecule has 1 aliphatic rings. The Kier molecular flexibility index (Phi) is 7.32. The molecule has 184 valence electrons. The molecule has 6 nitrogen and oxygen atoms in total. The van der Waals surface area contributed by atoms with Crippen molar-refractivity contribution in [2.45, 2.75) is 22.6 Å². The molecule has 3 aromatic rings. The summed E-state index contributed by atoms with van der Waals surface area (Å²) in [7, 11) is -4.30. The first-order valence-electron chi connectivity index (χ1n) is 10.3. The van der Waals surface area contributed by atoms with Gasteiger partial charge in [0.05, 0.1) is 21.7 Å². The Morgan fingerprint density at radius 3 is 2.37 bits per heavy atom. The molecule has 1 fully saturated rings. The molecule has 0 aromatic heterocycles. The summed E-state index contributed by atoms with van der Waals surface area (Å²) in [6.07, 6.45) is -4.73. The van der Waals surface area contributed by atoms with Gasteiger partial charge in [-0.15, -0.1) is 11.8 Å². The minimum atomic E-state index is -4.73. The van der Waals surface area contributed by atoms with Crippen molar-refractivity contribution in [3.8, 4) is 0 Å². The highest BCUT2D eigenvalue weighted by molar-refractivity contribution is 8.00. The van der Waals surface area contributed by atoms with Crippen molar-refractivity contribution >= 4 is 45.0 Å². The van der Waals surface area contributed by atoms with E-state index in [4.69, 9.17) is 11.6 Å². The lowest BCUT2D eigenvalue weighted by Gasteiger charge is -2.18. The van der Waals surface area contributed by atoms with Crippen molar-refractivity contribution in [2.24, 2.45) is 0 Å². The van der Waals surface area contributed by atoms with Crippen LogP contribution in [0.15, 0.2) is 77.7 Å². The van der Waals surface area contributed by atoms with Gasteiger partial charge in [0, 0.05) is 16.8 Å². The van der Waals surface area contributed by atoms with Gasteiger partial charge >= 0.3 is 6.18 Å². The summed E-state index contributed by atoms with van der Waals surface area (Å²) in [4.78, 5) is 12.8. The average Bonchev–Trinajstić information content (AvgIpc) is 3.27. The third-order valence-corrected chi connectivity index (χ3v) is 7.95. The van der Waals surface area contributed by atoms with E-state index in [1.807, 2.05) is 30.3 Å². The van der Waals surface area contributed by atoms with Gasteiger partial charge in [-0.2, -0.15) is 13.2 Å². The van der Waals surface area contributed by atoms with Crippen LogP contribution in [0, 0.1) is 0 Å². The van der Waals surface area contributed by atoms with Crippen LogP contribution < -0.4 is 15.4 Å². The Morgan fingerprint density at radius 1 is 1.03 bits per heavy atom. The Morgan fingerprint density at radius 2 is 1.71 bits per heavy atom. The van der Waals surface area contributed by atoms with E-state index in [-0.39, 0.29) is 16.5 Å². The van der Waals surface area contributed by atoms with E-state index in [9.17, 15) is 26.4 Å². The third-order valence-electron chi connectivity index (χ3n) is 5.21. The van der Waals surface area contributed by atoms with E-state index < -0.39 is 38.9 Å². The third kappa shape index (κ3) is 6.10. The van der Waals surface area contributed by atoms with Gasteiger partial charge in [0.25, 0.3) is 15.9 Å². The average molecular weight is 542 g/mol. The zero-order valence-electron chi connectivity index (χ0n) is 17.8. The first-order valence-corrected chi connectivity index (χ1v) is 13.2. The van der Waals surface area contributed by atoms with Crippen LogP contribution in [0.25, 0.3) is 0 Å². The summed E-state index contributed by atoms with van der Waals surface area (Å²) in [6.45, 7) is 0. The lowest BCUT2D eigenvalue weighted by atomic mass is 10.1. The number of sulfonamides is 1. The van der Waals surface area contributed by atoms with Gasteiger partial charge in [-0.05, 0) is 48.0 Å². The van der Waals surface area contributed by atoms with Crippen LogP contribution in [-0.4, -0.2) is 25.6 Å². The number of benzene rings is 3. The van der Waals surface area contributed by atoms with Crippen LogP contribution in [0.1, 0.15) is 27.5 Å². The predicted octanol–water partition coefficient (Wildman–Crippen LogP) is 5.25. The molecule has 0 aliphatic carbocycles. The molecule has 1 amide bonds. The molecule has 3 N–H and O–H groups in total. The molecule has 1 heterocycles. The fourth-order valence-corrected chi connectivity index (χ4v) is 5.77. The summed E-state index contributed by atoms with van der Waals surface area (Å²) >= 11 is 7.21. The normalized spacial score (nSPS) is 18.3. The van der Waals surface area contributed by atoms with E-state index in [0.717, 1.165) is 17.7 Å². The molecule has 1 aliphatic heterocycles. The zero-order chi connectivity index (χ0) is 25.2. The molecular weight excluding hydrogens is 523 g/mol. The number of rotatable bonds is 6. The molecule has 2 atom stereocenters. The van der Waals surface area contributed by atoms with Gasteiger partial charge < -0.3 is 5.32 Å². The quantitative estimate of drug-likeness (QED) is 0.397. The van der Waals surface area contributed by atoms with Gasteiger partial charge in [0.1, 0.15) is 5.50 Å². The van der Waals surface area contributed by atoms with Crippen molar-refractivity contribution in [1.82, 2.24) is 10.6 Å². The van der Waals surface area contributed by atoms with Crippen LogP contribution in [0.2, 0.25) is 5.02 Å². The summed E-state index contributed by atoms with van der Waals surface area (Å²) in [5.41, 5.74) is -1.32. The van der Waals surface area contributed by atoms with Crippen molar-refractivity contribution in [3.63, 3.8) is 0 Å². The van der Waals surface area contributed by atoms with E-state index in [1.165, 1.54) is 36.0 Å². The zero-order valence-corrected chi connectivity index (χ0v) is 20.2. The number of thioether (sulfide) groups is 1. The standard InChI is InChI=1S/C23H19ClF3N3O3S2/c24-16-7-9-17(10-8-16)35(32,33)30-19-12-15(23(25,26)27)6-11-18(19)21(31)29-22-28-20(13-34-22)14-4-2-1-3-5-14/h1-12,20,22,28,30H,13H2,(H,29,31). The SMILES string of the molecule is O=C(NC1NC(c2ccccc2)CS1)c1ccc(C(F)(F)F)cc1NS(=O)(=O)c1ccc(Cl)cc1. The number of carbonyl (C=O) groups excluding carboxylic acids is 1. The van der Waals surface area contributed by atoms with Gasteiger partial charge in [-0.3, -0.25) is 14.8 Å². The van der Waals surface area contributed by atoms with Crippen LogP contribution >= 0.6 is 23.4 Å². The van der Waals surface area contributed by atoms with Crippen molar-refractivity contribution in [1.29, 1.82) is 0 Å². The summed E-state index contributed by atoms with van der Waals surface area (Å²) in [5, 5.41) is 6.24. The fraction of sp³-hybridized carbons (Fsp3) is 0.174. The Hall–Kier alpha value is -2.73. The highest BCUT2D eigenvalue weighted by atomic mass is 35.5. The molecule has 3 aromatic carbocycles. The molecule has 0 spiro atoms. The number of alkyl halides is 3. The number of hydrogen-bond donors (Lipinski definition) is 3. The van der Waals surface area contributed by atoms with E-state index in [1.54, 1.807) is 0 Å². The first-order chi connectivity index (χ1) is 16.5. The minimum Gasteiger partial charge on any atom is -0.328 e. The predicted molar refractivity (Wildman–Crippen MR) is 130 cm³/mol. The molecule has 12 heteroatoms. The largest absolute Gasteiger partial charge is 0.416 e. The molecule has 0 bridgehead atoms. The van der Waals surface area contributed by atoms with Gasteiger partial charge in [-0.1, -0.05) is 41.9 Å². The summed E-state index contributed by atoms with van der Waals surface area (Å²) in [6, 6.07) is 16.9. The van der Waals surface area contributed by atoms with Gasteiger partial charge in [0.15, 0.2) is 0 Å². The Labute approximate surface area is 209 Å². The lowest BCUT2D eigenvalue weighted by molar-refractivity contribution is -0.137. The van der Waals surface area contributed by atoms with Crippen LogP contribution in [0.4, 0.5) is 18.9 Å². The second-order valence-electron chi connectivity index (χ2n) is 7.63. The van der Waals surface area contributed by atoms with Crippen LogP contribution in [0.3, 0.4) is 0 Å². The topological polar surface area (TPSA) is 87.3 Å². The Balaban J connectivity index is 1.58. The van der Waals surface area contributed by atoms with E-state index >= 15 is 0 Å². The maximum Gasteiger partial charge on any atom is 0.416 e. The number of nitrogens with one attached hydrogen (secondary N) is 3. The molecule has 35 heavy (non-hydrogen) atoms. The van der Waals surface area contributed by atoms with E-state index in [0.29, 0.717) is 16.8 Å². The molecule has 1 saturated heterocycles. The van der Waals surface area contributed by atoms with E-state index in [2.05, 4.69) is 15.4 Å². The molecule has 0 saturated carbocycles. The summed E-state index contributed by atoms with van der Waals surface area (Å²) < 4.78 is 67.7.